The zero-order valence-electron chi connectivity index (χ0n) is 12.9. The molecular weight excluding hydrogens is 298 g/mol. The Morgan fingerprint density at radius 3 is 2.58 bits per heavy atom. The van der Waals surface area contributed by atoms with E-state index in [1.807, 2.05) is 54.6 Å². The number of benzene rings is 3. The summed E-state index contributed by atoms with van der Waals surface area (Å²) in [7, 11) is 0. The van der Waals surface area contributed by atoms with Crippen molar-refractivity contribution in [2.75, 3.05) is 0 Å². The van der Waals surface area contributed by atoms with E-state index in [1.165, 1.54) is 0 Å². The number of H-pyrrole nitrogens is 1. The number of aromatic nitrogens is 1. The van der Waals surface area contributed by atoms with Crippen LogP contribution in [0.5, 0.6) is 0 Å². The second-order valence-electron chi connectivity index (χ2n) is 5.52. The van der Waals surface area contributed by atoms with E-state index in [9.17, 15) is 4.79 Å². The summed E-state index contributed by atoms with van der Waals surface area (Å²) in [6, 6.07) is 21.8. The Labute approximate surface area is 138 Å². The lowest BCUT2D eigenvalue weighted by atomic mass is 10.1. The molecule has 0 bridgehead atoms. The fourth-order valence-electron chi connectivity index (χ4n) is 2.84. The molecule has 0 radical (unpaired) electrons. The van der Waals surface area contributed by atoms with Crippen molar-refractivity contribution in [3.05, 3.63) is 84.1 Å². The third-order valence-electron chi connectivity index (χ3n) is 4.03. The first kappa shape index (κ1) is 14.2. The van der Waals surface area contributed by atoms with E-state index in [0.29, 0.717) is 5.56 Å². The van der Waals surface area contributed by atoms with Crippen molar-refractivity contribution in [3.8, 4) is 0 Å². The maximum atomic E-state index is 12.3. The quantitative estimate of drug-likeness (QED) is 0.434. The van der Waals surface area contributed by atoms with Crippen LogP contribution in [-0.2, 0) is 0 Å². The van der Waals surface area contributed by atoms with Crippen molar-refractivity contribution in [1.29, 1.82) is 0 Å². The van der Waals surface area contributed by atoms with Gasteiger partial charge in [-0.2, -0.15) is 5.10 Å². The average Bonchev–Trinajstić information content (AvgIpc) is 3.06. The Bertz CT molecular complexity index is 1060. The highest BCUT2D eigenvalue weighted by atomic mass is 16.2. The Morgan fingerprint density at radius 1 is 0.917 bits per heavy atom. The molecule has 0 unspecified atom stereocenters. The number of hydrogen-bond donors (Lipinski definition) is 2. The molecule has 4 rings (SSSR count). The van der Waals surface area contributed by atoms with Gasteiger partial charge in [0.15, 0.2) is 0 Å². The van der Waals surface area contributed by atoms with E-state index < -0.39 is 0 Å². The molecule has 1 aromatic heterocycles. The predicted octanol–water partition coefficient (Wildman–Crippen LogP) is 4.09. The maximum absolute atomic E-state index is 12.3. The minimum Gasteiger partial charge on any atom is -0.360 e. The highest BCUT2D eigenvalue weighted by Gasteiger charge is 2.10. The number of carbonyl (C=O) groups is 1. The average molecular weight is 313 g/mol. The third-order valence-corrected chi connectivity index (χ3v) is 4.03. The van der Waals surface area contributed by atoms with Gasteiger partial charge in [-0.25, -0.2) is 5.43 Å². The number of hydrogen-bond acceptors (Lipinski definition) is 2. The van der Waals surface area contributed by atoms with Gasteiger partial charge in [-0.15, -0.1) is 0 Å². The van der Waals surface area contributed by atoms with Crippen molar-refractivity contribution in [3.63, 3.8) is 0 Å². The van der Waals surface area contributed by atoms with Gasteiger partial charge >= 0.3 is 0 Å². The molecule has 0 saturated carbocycles. The van der Waals surface area contributed by atoms with Crippen molar-refractivity contribution in [2.24, 2.45) is 5.10 Å². The van der Waals surface area contributed by atoms with Gasteiger partial charge < -0.3 is 4.98 Å². The number of rotatable bonds is 3. The highest BCUT2D eigenvalue weighted by Crippen LogP contribution is 2.18. The van der Waals surface area contributed by atoms with E-state index in [-0.39, 0.29) is 5.91 Å². The Kier molecular flexibility index (Phi) is 3.56. The summed E-state index contributed by atoms with van der Waals surface area (Å²) in [5.74, 6) is -0.232. The molecule has 4 aromatic rings. The summed E-state index contributed by atoms with van der Waals surface area (Å²) >= 11 is 0. The highest BCUT2D eigenvalue weighted by molar-refractivity contribution is 6.07. The first-order chi connectivity index (χ1) is 11.8. The predicted molar refractivity (Wildman–Crippen MR) is 97.3 cm³/mol. The van der Waals surface area contributed by atoms with Crippen LogP contribution in [-0.4, -0.2) is 17.1 Å². The second kappa shape index (κ2) is 6.01. The first-order valence-electron chi connectivity index (χ1n) is 7.70. The standard InChI is InChI=1S/C20H15N3O/c24-20(18-13-21-19-11-4-3-10-17(18)19)23-22-12-15-8-5-7-14-6-1-2-9-16(14)15/h1-13,21H,(H,23,24)/b22-12+. The van der Waals surface area contributed by atoms with Gasteiger partial charge in [0.2, 0.25) is 0 Å². The van der Waals surface area contributed by atoms with Crippen LogP contribution in [0.25, 0.3) is 21.7 Å². The second-order valence-corrected chi connectivity index (χ2v) is 5.52. The molecule has 116 valence electrons. The number of fused-ring (bicyclic) bond motifs is 2. The fourth-order valence-corrected chi connectivity index (χ4v) is 2.84. The van der Waals surface area contributed by atoms with E-state index in [0.717, 1.165) is 27.2 Å². The molecular formula is C20H15N3O. The van der Waals surface area contributed by atoms with Gasteiger partial charge in [-0.3, -0.25) is 4.79 Å². The number of aromatic amines is 1. The molecule has 0 aliphatic heterocycles. The van der Waals surface area contributed by atoms with Crippen LogP contribution in [0, 0.1) is 0 Å². The summed E-state index contributed by atoms with van der Waals surface area (Å²) in [5, 5.41) is 7.25. The molecule has 1 amide bonds. The van der Waals surface area contributed by atoms with E-state index in [2.05, 4.69) is 27.6 Å². The summed E-state index contributed by atoms with van der Waals surface area (Å²) in [5.41, 5.74) is 5.08. The molecule has 2 N–H and O–H groups in total. The Balaban J connectivity index is 1.58. The van der Waals surface area contributed by atoms with Crippen LogP contribution < -0.4 is 5.43 Å². The van der Waals surface area contributed by atoms with E-state index >= 15 is 0 Å². The van der Waals surface area contributed by atoms with Gasteiger partial charge in [0.1, 0.15) is 0 Å². The van der Waals surface area contributed by atoms with Crippen LogP contribution in [0.3, 0.4) is 0 Å². The van der Waals surface area contributed by atoms with Gasteiger partial charge in [0.25, 0.3) is 5.91 Å². The van der Waals surface area contributed by atoms with Gasteiger partial charge in [-0.1, -0.05) is 60.7 Å². The number of para-hydroxylation sites is 1. The van der Waals surface area contributed by atoms with Crippen molar-refractivity contribution in [1.82, 2.24) is 10.4 Å². The zero-order valence-corrected chi connectivity index (χ0v) is 12.9. The van der Waals surface area contributed by atoms with Gasteiger partial charge in [0, 0.05) is 22.7 Å². The molecule has 4 nitrogen and oxygen atoms in total. The van der Waals surface area contributed by atoms with Crippen LogP contribution in [0.4, 0.5) is 0 Å². The van der Waals surface area contributed by atoms with Crippen LogP contribution in [0.1, 0.15) is 15.9 Å². The van der Waals surface area contributed by atoms with Crippen LogP contribution >= 0.6 is 0 Å². The lowest BCUT2D eigenvalue weighted by Crippen LogP contribution is -2.17. The fraction of sp³-hybridized carbons (Fsp3) is 0. The molecule has 0 aliphatic carbocycles. The Morgan fingerprint density at radius 2 is 1.67 bits per heavy atom. The minimum atomic E-state index is -0.232. The molecule has 3 aromatic carbocycles. The molecule has 1 heterocycles. The monoisotopic (exact) mass is 313 g/mol. The maximum Gasteiger partial charge on any atom is 0.273 e. The molecule has 0 fully saturated rings. The number of carbonyl (C=O) groups excluding carboxylic acids is 1. The number of nitrogens with one attached hydrogen (secondary N) is 2. The number of amides is 1. The van der Waals surface area contributed by atoms with E-state index in [1.54, 1.807) is 12.4 Å². The van der Waals surface area contributed by atoms with Gasteiger partial charge in [-0.05, 0) is 16.8 Å². The SMILES string of the molecule is O=C(N/N=C/c1cccc2ccccc12)c1c[nH]c2ccccc12. The van der Waals surface area contributed by atoms with Crippen LogP contribution in [0.15, 0.2) is 78.0 Å². The topological polar surface area (TPSA) is 57.2 Å². The van der Waals surface area contributed by atoms with Gasteiger partial charge in [0.05, 0.1) is 11.8 Å². The molecule has 0 saturated heterocycles. The lowest BCUT2D eigenvalue weighted by molar-refractivity contribution is 0.0957. The molecule has 0 atom stereocenters. The first-order valence-corrected chi connectivity index (χ1v) is 7.70. The number of nitrogens with zero attached hydrogens (tertiary/aromatic N) is 1. The summed E-state index contributed by atoms with van der Waals surface area (Å²) in [6.07, 6.45) is 3.38. The Hall–Kier alpha value is -3.40. The smallest absolute Gasteiger partial charge is 0.273 e. The van der Waals surface area contributed by atoms with E-state index in [4.69, 9.17) is 0 Å². The zero-order chi connectivity index (χ0) is 16.4. The summed E-state index contributed by atoms with van der Waals surface area (Å²) in [6.45, 7) is 0. The molecule has 0 aliphatic rings. The molecule has 0 spiro atoms. The largest absolute Gasteiger partial charge is 0.360 e. The van der Waals surface area contributed by atoms with Crippen molar-refractivity contribution >= 4 is 33.8 Å². The lowest BCUT2D eigenvalue weighted by Gasteiger charge is -2.02. The molecule has 24 heavy (non-hydrogen) atoms. The van der Waals surface area contributed by atoms with Crippen LogP contribution in [0.2, 0.25) is 0 Å². The summed E-state index contributed by atoms with van der Waals surface area (Å²) < 4.78 is 0. The normalized spacial score (nSPS) is 11.3. The van der Waals surface area contributed by atoms with Crippen molar-refractivity contribution < 1.29 is 4.79 Å². The minimum absolute atomic E-state index is 0.232. The van der Waals surface area contributed by atoms with Crippen molar-refractivity contribution in [2.45, 2.75) is 0 Å². The summed E-state index contributed by atoms with van der Waals surface area (Å²) in [4.78, 5) is 15.4. The molecule has 4 heteroatoms. The third kappa shape index (κ3) is 2.54. The number of hydrazone groups is 1.